The van der Waals surface area contributed by atoms with Gasteiger partial charge in [0, 0.05) is 22.0 Å². The molecule has 3 rings (SSSR count). The van der Waals surface area contributed by atoms with E-state index in [1.54, 1.807) is 53.1 Å². The molecule has 1 saturated heterocycles. The number of amides is 2. The molecule has 1 aliphatic heterocycles. The Morgan fingerprint density at radius 1 is 1.15 bits per heavy atom. The van der Waals surface area contributed by atoms with Gasteiger partial charge < -0.3 is 15.0 Å². The second-order valence-corrected chi connectivity index (χ2v) is 7.91. The summed E-state index contributed by atoms with van der Waals surface area (Å²) < 4.78 is 5.60. The summed E-state index contributed by atoms with van der Waals surface area (Å²) in [5.41, 5.74) is 1.20. The molecule has 142 valence electrons. The van der Waals surface area contributed by atoms with Gasteiger partial charge >= 0.3 is 0 Å². The fourth-order valence-electron chi connectivity index (χ4n) is 2.73. The van der Waals surface area contributed by atoms with Crippen molar-refractivity contribution in [3.63, 3.8) is 0 Å². The van der Waals surface area contributed by atoms with Gasteiger partial charge in [-0.2, -0.15) is 0 Å². The molecule has 0 spiro atoms. The minimum absolute atomic E-state index is 0.0911. The van der Waals surface area contributed by atoms with Crippen molar-refractivity contribution in [3.05, 3.63) is 59.1 Å². The fourth-order valence-corrected chi connectivity index (χ4v) is 4.01. The molecule has 2 amide bonds. The van der Waals surface area contributed by atoms with Gasteiger partial charge in [-0.3, -0.25) is 9.59 Å². The van der Waals surface area contributed by atoms with Crippen LogP contribution in [-0.2, 0) is 4.79 Å². The van der Waals surface area contributed by atoms with Crippen LogP contribution in [0.1, 0.15) is 24.2 Å². The maximum absolute atomic E-state index is 12.7. The number of carbonyl (C=O) groups is 2. The topological polar surface area (TPSA) is 58.6 Å². The highest BCUT2D eigenvalue weighted by Gasteiger charge is 2.35. The maximum atomic E-state index is 12.7. The maximum Gasteiger partial charge on any atom is 0.255 e. The standard InChI is InChI=1S/C20H21ClN2O3S/c1-13(2)26-17-9-7-16(8-10-17)22-19(24)18-11-27-12-23(18)20(25)14-3-5-15(21)6-4-14/h3-10,13,18H,11-12H2,1-2H3,(H,22,24). The third-order valence-corrected chi connectivity index (χ3v) is 5.29. The quantitative estimate of drug-likeness (QED) is 0.807. The molecule has 1 aliphatic rings. The largest absolute Gasteiger partial charge is 0.491 e. The van der Waals surface area contributed by atoms with Crippen molar-refractivity contribution in [2.45, 2.75) is 26.0 Å². The van der Waals surface area contributed by atoms with E-state index in [-0.39, 0.29) is 17.9 Å². The number of nitrogens with one attached hydrogen (secondary N) is 1. The van der Waals surface area contributed by atoms with E-state index < -0.39 is 6.04 Å². The van der Waals surface area contributed by atoms with Gasteiger partial charge in [0.05, 0.1) is 12.0 Å². The first-order chi connectivity index (χ1) is 12.9. The molecular weight excluding hydrogens is 384 g/mol. The van der Waals surface area contributed by atoms with E-state index in [2.05, 4.69) is 5.32 Å². The number of hydrogen-bond donors (Lipinski definition) is 1. The molecule has 1 heterocycles. The Morgan fingerprint density at radius 3 is 2.44 bits per heavy atom. The van der Waals surface area contributed by atoms with Crippen LogP contribution in [0.5, 0.6) is 5.75 Å². The molecule has 5 nitrogen and oxygen atoms in total. The highest BCUT2D eigenvalue weighted by molar-refractivity contribution is 7.99. The van der Waals surface area contributed by atoms with Gasteiger partial charge in [0.1, 0.15) is 11.8 Å². The summed E-state index contributed by atoms with van der Waals surface area (Å²) in [5, 5.41) is 3.46. The molecule has 27 heavy (non-hydrogen) atoms. The lowest BCUT2D eigenvalue weighted by Crippen LogP contribution is -2.44. The lowest BCUT2D eigenvalue weighted by atomic mass is 10.1. The summed E-state index contributed by atoms with van der Waals surface area (Å²) in [6.45, 7) is 3.92. The molecule has 1 fully saturated rings. The summed E-state index contributed by atoms with van der Waals surface area (Å²) in [5.74, 6) is 1.44. The lowest BCUT2D eigenvalue weighted by molar-refractivity contribution is -0.119. The van der Waals surface area contributed by atoms with Crippen LogP contribution in [0.15, 0.2) is 48.5 Å². The van der Waals surface area contributed by atoms with E-state index in [4.69, 9.17) is 16.3 Å². The molecule has 1 atom stereocenters. The number of rotatable bonds is 5. The number of halogens is 1. The minimum atomic E-state index is -0.509. The highest BCUT2D eigenvalue weighted by Crippen LogP contribution is 2.25. The third kappa shape index (κ3) is 4.96. The predicted molar refractivity (Wildman–Crippen MR) is 110 cm³/mol. The van der Waals surface area contributed by atoms with Crippen molar-refractivity contribution in [1.82, 2.24) is 4.90 Å². The third-order valence-electron chi connectivity index (χ3n) is 4.03. The monoisotopic (exact) mass is 404 g/mol. The molecule has 0 saturated carbocycles. The lowest BCUT2D eigenvalue weighted by Gasteiger charge is -2.23. The van der Waals surface area contributed by atoms with E-state index >= 15 is 0 Å². The molecule has 7 heteroatoms. The number of carbonyl (C=O) groups excluding carboxylic acids is 2. The van der Waals surface area contributed by atoms with Crippen molar-refractivity contribution in [2.24, 2.45) is 0 Å². The van der Waals surface area contributed by atoms with Gasteiger partial charge in [0.25, 0.3) is 5.91 Å². The Morgan fingerprint density at radius 2 is 1.81 bits per heavy atom. The van der Waals surface area contributed by atoms with Gasteiger partial charge in [-0.05, 0) is 62.4 Å². The van der Waals surface area contributed by atoms with Crippen molar-refractivity contribution in [1.29, 1.82) is 0 Å². The van der Waals surface area contributed by atoms with Gasteiger partial charge in [-0.25, -0.2) is 0 Å². The molecule has 1 unspecified atom stereocenters. The average molecular weight is 405 g/mol. The first-order valence-electron chi connectivity index (χ1n) is 8.66. The second kappa shape index (κ2) is 8.67. The van der Waals surface area contributed by atoms with Crippen LogP contribution in [0.3, 0.4) is 0 Å². The van der Waals surface area contributed by atoms with Crippen molar-refractivity contribution < 1.29 is 14.3 Å². The van der Waals surface area contributed by atoms with Gasteiger partial charge in [-0.1, -0.05) is 11.6 Å². The zero-order valence-electron chi connectivity index (χ0n) is 15.1. The number of benzene rings is 2. The van der Waals surface area contributed by atoms with Crippen LogP contribution >= 0.6 is 23.4 Å². The van der Waals surface area contributed by atoms with Crippen LogP contribution in [-0.4, -0.2) is 40.5 Å². The Kier molecular flexibility index (Phi) is 6.29. The minimum Gasteiger partial charge on any atom is -0.491 e. The van der Waals surface area contributed by atoms with Crippen LogP contribution in [0.4, 0.5) is 5.69 Å². The summed E-state index contributed by atoms with van der Waals surface area (Å²) in [4.78, 5) is 27.0. The molecule has 0 aliphatic carbocycles. The molecule has 0 bridgehead atoms. The smallest absolute Gasteiger partial charge is 0.255 e. The van der Waals surface area contributed by atoms with Crippen LogP contribution in [0.25, 0.3) is 0 Å². The first kappa shape index (κ1) is 19.6. The van der Waals surface area contributed by atoms with E-state index in [1.807, 2.05) is 26.0 Å². The van der Waals surface area contributed by atoms with Gasteiger partial charge in [0.2, 0.25) is 5.91 Å². The Balaban J connectivity index is 1.66. The zero-order valence-corrected chi connectivity index (χ0v) is 16.7. The number of hydrogen-bond acceptors (Lipinski definition) is 4. The Labute approximate surface area is 168 Å². The van der Waals surface area contributed by atoms with Crippen molar-refractivity contribution in [2.75, 3.05) is 16.9 Å². The molecule has 2 aromatic rings. The molecule has 2 aromatic carbocycles. The van der Waals surface area contributed by atoms with Crippen molar-refractivity contribution >= 4 is 40.9 Å². The van der Waals surface area contributed by atoms with Crippen LogP contribution in [0, 0.1) is 0 Å². The van der Waals surface area contributed by atoms with E-state index in [9.17, 15) is 9.59 Å². The molecule has 0 radical (unpaired) electrons. The number of anilines is 1. The molecule has 0 aromatic heterocycles. The van der Waals surface area contributed by atoms with E-state index in [0.717, 1.165) is 5.75 Å². The van der Waals surface area contributed by atoms with Gasteiger partial charge in [-0.15, -0.1) is 11.8 Å². The van der Waals surface area contributed by atoms with Crippen LogP contribution in [0.2, 0.25) is 5.02 Å². The Hall–Kier alpha value is -2.18. The zero-order chi connectivity index (χ0) is 19.4. The average Bonchev–Trinajstić information content (AvgIpc) is 3.13. The second-order valence-electron chi connectivity index (χ2n) is 6.48. The number of ether oxygens (including phenoxy) is 1. The summed E-state index contributed by atoms with van der Waals surface area (Å²) in [6.07, 6.45) is 0.0911. The highest BCUT2D eigenvalue weighted by atomic mass is 35.5. The summed E-state index contributed by atoms with van der Waals surface area (Å²) in [7, 11) is 0. The summed E-state index contributed by atoms with van der Waals surface area (Å²) in [6, 6.07) is 13.4. The normalized spacial score (nSPS) is 16.4. The Bertz CT molecular complexity index is 809. The fraction of sp³-hybridized carbons (Fsp3) is 0.300. The SMILES string of the molecule is CC(C)Oc1ccc(NC(=O)C2CSCN2C(=O)c2ccc(Cl)cc2)cc1. The molecular formula is C20H21ClN2O3S. The van der Waals surface area contributed by atoms with E-state index in [1.165, 1.54) is 0 Å². The van der Waals surface area contributed by atoms with E-state index in [0.29, 0.717) is 27.9 Å². The predicted octanol–water partition coefficient (Wildman–Crippen LogP) is 4.28. The number of thioether (sulfide) groups is 1. The first-order valence-corrected chi connectivity index (χ1v) is 10.2. The summed E-state index contributed by atoms with van der Waals surface area (Å²) >= 11 is 7.44. The van der Waals surface area contributed by atoms with Crippen molar-refractivity contribution in [3.8, 4) is 5.75 Å². The number of nitrogens with zero attached hydrogens (tertiary/aromatic N) is 1. The van der Waals surface area contributed by atoms with Crippen LogP contribution < -0.4 is 10.1 Å². The molecule has 1 N–H and O–H groups in total. The van der Waals surface area contributed by atoms with Gasteiger partial charge in [0.15, 0.2) is 0 Å².